The van der Waals surface area contributed by atoms with Crippen molar-refractivity contribution < 1.29 is 4.79 Å². The highest BCUT2D eigenvalue weighted by Crippen LogP contribution is 2.23. The fourth-order valence-corrected chi connectivity index (χ4v) is 3.92. The smallest absolute Gasteiger partial charge is 0.233 e. The topological polar surface area (TPSA) is 51.0 Å². The fourth-order valence-electron chi connectivity index (χ4n) is 3.11. The molecule has 0 radical (unpaired) electrons. The second-order valence-electron chi connectivity index (χ2n) is 7.16. The van der Waals surface area contributed by atoms with Gasteiger partial charge in [0, 0.05) is 12.6 Å². The van der Waals surface area contributed by atoms with Gasteiger partial charge in [-0.3, -0.25) is 9.36 Å². The van der Waals surface area contributed by atoms with Gasteiger partial charge in [-0.1, -0.05) is 59.8 Å². The van der Waals surface area contributed by atoms with Gasteiger partial charge in [0.15, 0.2) is 5.16 Å². The molecule has 0 saturated heterocycles. The zero-order valence-corrected chi connectivity index (χ0v) is 17.6. The van der Waals surface area contributed by atoms with Crippen LogP contribution < -0.4 is 0 Å². The summed E-state index contributed by atoms with van der Waals surface area (Å²) in [5.74, 6) is 0.424. The van der Waals surface area contributed by atoms with Crippen molar-refractivity contribution in [2.75, 3.05) is 5.75 Å². The van der Waals surface area contributed by atoms with Gasteiger partial charge in [0.2, 0.25) is 5.91 Å². The first-order valence-corrected chi connectivity index (χ1v) is 10.4. The van der Waals surface area contributed by atoms with Crippen molar-refractivity contribution in [2.45, 2.75) is 45.4 Å². The van der Waals surface area contributed by atoms with E-state index in [1.165, 1.54) is 17.3 Å². The summed E-state index contributed by atoms with van der Waals surface area (Å²) in [6.45, 7) is 8.85. The quantitative estimate of drug-likeness (QED) is 0.557. The molecule has 0 aliphatic rings. The Balaban J connectivity index is 1.71. The van der Waals surface area contributed by atoms with Crippen molar-refractivity contribution in [2.24, 2.45) is 0 Å². The summed E-state index contributed by atoms with van der Waals surface area (Å²) in [5, 5.41) is 9.00. The first-order chi connectivity index (χ1) is 13.5. The standard InChI is InChI=1S/C22H26N4OS/c1-16(2)25(13-19-8-6-5-7-9-19)21(27)14-28-22-24-23-15-26(22)20-11-10-17(3)12-18(20)4/h5-12,15-16H,13-14H2,1-4H3. The highest BCUT2D eigenvalue weighted by Gasteiger charge is 2.19. The van der Waals surface area contributed by atoms with Crippen LogP contribution in [0.15, 0.2) is 60.0 Å². The summed E-state index contributed by atoms with van der Waals surface area (Å²) in [6.07, 6.45) is 1.70. The number of benzene rings is 2. The van der Waals surface area contributed by atoms with Gasteiger partial charge in [-0.25, -0.2) is 0 Å². The predicted molar refractivity (Wildman–Crippen MR) is 114 cm³/mol. The van der Waals surface area contributed by atoms with E-state index in [9.17, 15) is 4.79 Å². The Hall–Kier alpha value is -2.60. The zero-order valence-electron chi connectivity index (χ0n) is 16.8. The number of aryl methyl sites for hydroxylation is 2. The Morgan fingerprint density at radius 2 is 1.89 bits per heavy atom. The maximum Gasteiger partial charge on any atom is 0.233 e. The molecule has 0 N–H and O–H groups in total. The minimum Gasteiger partial charge on any atom is -0.335 e. The number of carbonyl (C=O) groups is 1. The summed E-state index contributed by atoms with van der Waals surface area (Å²) in [5.41, 5.74) is 4.54. The van der Waals surface area contributed by atoms with Gasteiger partial charge in [-0.15, -0.1) is 10.2 Å². The van der Waals surface area contributed by atoms with E-state index in [0.717, 1.165) is 22.0 Å². The second-order valence-corrected chi connectivity index (χ2v) is 8.11. The van der Waals surface area contributed by atoms with Gasteiger partial charge < -0.3 is 4.90 Å². The lowest BCUT2D eigenvalue weighted by Crippen LogP contribution is -2.37. The molecule has 1 heterocycles. The molecule has 146 valence electrons. The van der Waals surface area contributed by atoms with E-state index >= 15 is 0 Å². The van der Waals surface area contributed by atoms with Crippen LogP contribution in [0.25, 0.3) is 5.69 Å². The molecular formula is C22H26N4OS. The number of carbonyl (C=O) groups excluding carboxylic acids is 1. The maximum atomic E-state index is 12.9. The molecule has 0 atom stereocenters. The van der Waals surface area contributed by atoms with Crippen molar-refractivity contribution >= 4 is 17.7 Å². The molecule has 28 heavy (non-hydrogen) atoms. The number of amides is 1. The molecule has 0 saturated carbocycles. The fraction of sp³-hybridized carbons (Fsp3) is 0.318. The molecule has 6 heteroatoms. The third-order valence-corrected chi connectivity index (χ3v) is 5.52. The van der Waals surface area contributed by atoms with Gasteiger partial charge in [0.05, 0.1) is 11.4 Å². The average molecular weight is 395 g/mol. The predicted octanol–water partition coefficient (Wildman–Crippen LogP) is 4.41. The largest absolute Gasteiger partial charge is 0.335 e. The molecular weight excluding hydrogens is 368 g/mol. The van der Waals surface area contributed by atoms with Crippen LogP contribution in [0.5, 0.6) is 0 Å². The Bertz CT molecular complexity index is 937. The van der Waals surface area contributed by atoms with E-state index in [1.807, 2.05) is 53.6 Å². The molecule has 0 aliphatic carbocycles. The molecule has 0 aliphatic heterocycles. The Labute approximate surface area is 170 Å². The number of hydrogen-bond donors (Lipinski definition) is 0. The Kier molecular flexibility index (Phi) is 6.52. The summed E-state index contributed by atoms with van der Waals surface area (Å²) in [7, 11) is 0. The van der Waals surface area contributed by atoms with Crippen LogP contribution >= 0.6 is 11.8 Å². The molecule has 3 rings (SSSR count). The van der Waals surface area contributed by atoms with Crippen molar-refractivity contribution in [1.29, 1.82) is 0 Å². The third-order valence-electron chi connectivity index (χ3n) is 4.59. The number of nitrogens with zero attached hydrogens (tertiary/aromatic N) is 4. The second kappa shape index (κ2) is 9.06. The van der Waals surface area contributed by atoms with Gasteiger partial charge in [0.25, 0.3) is 0 Å². The molecule has 0 fully saturated rings. The molecule has 3 aromatic rings. The molecule has 0 bridgehead atoms. The summed E-state index contributed by atoms with van der Waals surface area (Å²) in [4.78, 5) is 14.8. The number of aromatic nitrogens is 3. The van der Waals surface area contributed by atoms with Crippen LogP contribution in [0.1, 0.15) is 30.5 Å². The van der Waals surface area contributed by atoms with E-state index in [1.54, 1.807) is 6.33 Å². The molecule has 0 unspecified atom stereocenters. The lowest BCUT2D eigenvalue weighted by Gasteiger charge is -2.26. The minimum absolute atomic E-state index is 0.0963. The van der Waals surface area contributed by atoms with Gasteiger partial charge >= 0.3 is 0 Å². The summed E-state index contributed by atoms with van der Waals surface area (Å²) in [6, 6.07) is 16.5. The number of thioether (sulfide) groups is 1. The van der Waals surface area contributed by atoms with Crippen LogP contribution in [0.2, 0.25) is 0 Å². The molecule has 2 aromatic carbocycles. The first kappa shape index (κ1) is 20.1. The third kappa shape index (κ3) is 4.81. The lowest BCUT2D eigenvalue weighted by molar-refractivity contribution is -0.130. The Morgan fingerprint density at radius 3 is 2.57 bits per heavy atom. The van der Waals surface area contributed by atoms with Crippen LogP contribution in [0.4, 0.5) is 0 Å². The van der Waals surface area contributed by atoms with Crippen molar-refractivity contribution in [3.05, 3.63) is 71.5 Å². The van der Waals surface area contributed by atoms with E-state index in [0.29, 0.717) is 12.3 Å². The summed E-state index contributed by atoms with van der Waals surface area (Å²) < 4.78 is 1.95. The lowest BCUT2D eigenvalue weighted by atomic mass is 10.1. The number of rotatable bonds is 7. The minimum atomic E-state index is 0.0963. The monoisotopic (exact) mass is 394 g/mol. The average Bonchev–Trinajstić information content (AvgIpc) is 3.13. The highest BCUT2D eigenvalue weighted by atomic mass is 32.2. The van der Waals surface area contributed by atoms with Gasteiger partial charge in [-0.05, 0) is 44.9 Å². The Morgan fingerprint density at radius 1 is 1.14 bits per heavy atom. The van der Waals surface area contributed by atoms with Crippen molar-refractivity contribution in [3.8, 4) is 5.69 Å². The zero-order chi connectivity index (χ0) is 20.1. The van der Waals surface area contributed by atoms with Crippen LogP contribution in [0, 0.1) is 13.8 Å². The molecule has 5 nitrogen and oxygen atoms in total. The van der Waals surface area contributed by atoms with E-state index in [2.05, 4.69) is 42.2 Å². The summed E-state index contributed by atoms with van der Waals surface area (Å²) >= 11 is 1.42. The first-order valence-electron chi connectivity index (χ1n) is 9.39. The van der Waals surface area contributed by atoms with Gasteiger partial charge in [0.1, 0.15) is 6.33 Å². The molecule has 0 spiro atoms. The molecule has 1 amide bonds. The van der Waals surface area contributed by atoms with Gasteiger partial charge in [-0.2, -0.15) is 0 Å². The van der Waals surface area contributed by atoms with Crippen LogP contribution in [-0.2, 0) is 11.3 Å². The maximum absolute atomic E-state index is 12.9. The van der Waals surface area contributed by atoms with Crippen molar-refractivity contribution in [1.82, 2.24) is 19.7 Å². The van der Waals surface area contributed by atoms with E-state index in [-0.39, 0.29) is 11.9 Å². The normalized spacial score (nSPS) is 11.0. The van der Waals surface area contributed by atoms with E-state index < -0.39 is 0 Å². The SMILES string of the molecule is Cc1ccc(-n2cnnc2SCC(=O)N(Cc2ccccc2)C(C)C)c(C)c1. The van der Waals surface area contributed by atoms with Crippen LogP contribution in [0.3, 0.4) is 0 Å². The van der Waals surface area contributed by atoms with E-state index in [4.69, 9.17) is 0 Å². The van der Waals surface area contributed by atoms with Crippen molar-refractivity contribution in [3.63, 3.8) is 0 Å². The number of hydrogen-bond acceptors (Lipinski definition) is 4. The highest BCUT2D eigenvalue weighted by molar-refractivity contribution is 7.99. The molecule has 1 aromatic heterocycles. The van der Waals surface area contributed by atoms with Crippen LogP contribution in [-0.4, -0.2) is 37.4 Å².